The van der Waals surface area contributed by atoms with Crippen LogP contribution in [0.3, 0.4) is 0 Å². The van der Waals surface area contributed by atoms with Gasteiger partial charge in [0.2, 0.25) is 5.43 Å². The number of carbonyl (C=O) groups is 2. The summed E-state index contributed by atoms with van der Waals surface area (Å²) < 4.78 is 33.6. The van der Waals surface area contributed by atoms with Crippen LogP contribution < -0.4 is 10.7 Å². The molecule has 8 nitrogen and oxygen atoms in total. The van der Waals surface area contributed by atoms with E-state index in [1.165, 1.54) is 21.7 Å². The molecule has 1 fully saturated rings. The lowest BCUT2D eigenvalue weighted by Gasteiger charge is -2.33. The lowest BCUT2D eigenvalue weighted by Crippen LogP contribution is -2.45. The van der Waals surface area contributed by atoms with Crippen molar-refractivity contribution in [2.75, 3.05) is 26.3 Å². The largest absolute Gasteiger partial charge is 0.503 e. The summed E-state index contributed by atoms with van der Waals surface area (Å²) in [5, 5.41) is 12.7. The number of amides is 2. The topological polar surface area (TPSA) is 101 Å². The van der Waals surface area contributed by atoms with Gasteiger partial charge in [-0.1, -0.05) is 6.07 Å². The maximum Gasteiger partial charge on any atom is 0.274 e. The lowest BCUT2D eigenvalue weighted by molar-refractivity contribution is 0.0685. The Kier molecular flexibility index (Phi) is 4.79. The first kappa shape index (κ1) is 19.1. The minimum absolute atomic E-state index is 0.0324. The summed E-state index contributed by atoms with van der Waals surface area (Å²) in [5.41, 5.74) is -1.54. The fraction of sp³-hybridized carbons (Fsp3) is 0.316. The van der Waals surface area contributed by atoms with Crippen molar-refractivity contribution in [1.29, 1.82) is 0 Å². The van der Waals surface area contributed by atoms with E-state index in [0.29, 0.717) is 25.8 Å². The zero-order valence-corrected chi connectivity index (χ0v) is 15.2. The number of fused-ring (bicyclic) bond motifs is 4. The number of hydrogen-bond acceptors (Lipinski definition) is 5. The molecule has 152 valence electrons. The van der Waals surface area contributed by atoms with Gasteiger partial charge >= 0.3 is 0 Å². The molecule has 0 spiro atoms. The van der Waals surface area contributed by atoms with Crippen LogP contribution in [0.25, 0.3) is 0 Å². The zero-order valence-electron chi connectivity index (χ0n) is 15.2. The highest BCUT2D eigenvalue weighted by molar-refractivity contribution is 5.99. The van der Waals surface area contributed by atoms with Crippen molar-refractivity contribution in [1.82, 2.24) is 14.8 Å². The summed E-state index contributed by atoms with van der Waals surface area (Å²) in [7, 11) is 0. The van der Waals surface area contributed by atoms with Crippen LogP contribution in [-0.2, 0) is 11.3 Å². The fourth-order valence-corrected chi connectivity index (χ4v) is 3.51. The number of aromatic hydroxyl groups is 1. The number of rotatable bonds is 3. The highest BCUT2D eigenvalue weighted by Gasteiger charge is 2.36. The molecule has 10 heteroatoms. The van der Waals surface area contributed by atoms with E-state index in [-0.39, 0.29) is 36.0 Å². The van der Waals surface area contributed by atoms with Gasteiger partial charge in [-0.3, -0.25) is 14.4 Å². The minimum Gasteiger partial charge on any atom is -0.503 e. The SMILES string of the molecule is O=C(NCc1ccc(F)cc1F)c1cn2c(c(O)c1=O)C(=O)N1CCOC[C@H]2C1. The van der Waals surface area contributed by atoms with Gasteiger partial charge in [-0.15, -0.1) is 0 Å². The van der Waals surface area contributed by atoms with Crippen LogP contribution in [0.4, 0.5) is 8.78 Å². The number of aromatic nitrogens is 1. The van der Waals surface area contributed by atoms with Crippen LogP contribution in [0.5, 0.6) is 5.75 Å². The van der Waals surface area contributed by atoms with E-state index in [2.05, 4.69) is 5.32 Å². The minimum atomic E-state index is -0.998. The van der Waals surface area contributed by atoms with Gasteiger partial charge in [0.15, 0.2) is 11.4 Å². The number of halogens is 2. The van der Waals surface area contributed by atoms with E-state index in [4.69, 9.17) is 4.74 Å². The first-order valence-electron chi connectivity index (χ1n) is 8.94. The van der Waals surface area contributed by atoms with Crippen molar-refractivity contribution in [2.24, 2.45) is 0 Å². The number of pyridine rings is 1. The summed E-state index contributed by atoms with van der Waals surface area (Å²) >= 11 is 0. The summed E-state index contributed by atoms with van der Waals surface area (Å²) in [5.74, 6) is -3.76. The molecule has 1 saturated heterocycles. The number of nitrogens with zero attached hydrogens (tertiary/aromatic N) is 2. The molecule has 1 aromatic carbocycles. The molecular formula is C19H17F2N3O5. The van der Waals surface area contributed by atoms with E-state index in [1.807, 2.05) is 0 Å². The smallest absolute Gasteiger partial charge is 0.274 e. The van der Waals surface area contributed by atoms with Crippen molar-refractivity contribution in [3.63, 3.8) is 0 Å². The van der Waals surface area contributed by atoms with Crippen molar-refractivity contribution in [2.45, 2.75) is 12.6 Å². The second kappa shape index (κ2) is 7.28. The molecule has 0 unspecified atom stereocenters. The van der Waals surface area contributed by atoms with Crippen molar-refractivity contribution >= 4 is 11.8 Å². The van der Waals surface area contributed by atoms with Crippen molar-refractivity contribution in [3.8, 4) is 5.75 Å². The van der Waals surface area contributed by atoms with Gasteiger partial charge in [0.25, 0.3) is 11.8 Å². The maximum atomic E-state index is 13.7. The fourth-order valence-electron chi connectivity index (χ4n) is 3.51. The van der Waals surface area contributed by atoms with Crippen molar-refractivity contribution < 1.29 is 28.2 Å². The molecule has 3 heterocycles. The number of hydrogen-bond donors (Lipinski definition) is 2. The number of nitrogens with one attached hydrogen (secondary N) is 1. The molecule has 1 aromatic heterocycles. The predicted molar refractivity (Wildman–Crippen MR) is 95.7 cm³/mol. The van der Waals surface area contributed by atoms with E-state index < -0.39 is 34.6 Å². The lowest BCUT2D eigenvalue weighted by atomic mass is 10.1. The molecule has 29 heavy (non-hydrogen) atoms. The standard InChI is InChI=1S/C19H17F2N3O5/c20-11-2-1-10(14(21)5-11)6-22-18(27)13-8-24-12-7-23(3-4-29-9-12)19(28)15(24)17(26)16(13)25/h1-2,5,8,12,26H,3-4,6-7,9H2,(H,22,27)/t12-/m1/s1. The Labute approximate surface area is 163 Å². The molecule has 2 aliphatic rings. The monoisotopic (exact) mass is 405 g/mol. The van der Waals surface area contributed by atoms with Crippen LogP contribution in [0, 0.1) is 11.6 Å². The Morgan fingerprint density at radius 1 is 1.31 bits per heavy atom. The van der Waals surface area contributed by atoms with Crippen LogP contribution in [0.15, 0.2) is 29.2 Å². The Hall–Kier alpha value is -3.27. The van der Waals surface area contributed by atoms with Gasteiger partial charge in [-0.05, 0) is 6.07 Å². The second-order valence-corrected chi connectivity index (χ2v) is 6.87. The zero-order chi connectivity index (χ0) is 20.7. The van der Waals surface area contributed by atoms with E-state index >= 15 is 0 Å². The maximum absolute atomic E-state index is 13.7. The average Bonchev–Trinajstić information content (AvgIpc) is 2.91. The van der Waals surface area contributed by atoms with Gasteiger partial charge in [-0.25, -0.2) is 8.78 Å². The third-order valence-electron chi connectivity index (χ3n) is 5.04. The second-order valence-electron chi connectivity index (χ2n) is 6.87. The van der Waals surface area contributed by atoms with Crippen molar-refractivity contribution in [3.05, 3.63) is 63.1 Å². The summed E-state index contributed by atoms with van der Waals surface area (Å²) in [4.78, 5) is 39.1. The van der Waals surface area contributed by atoms with Gasteiger partial charge in [0.05, 0.1) is 19.3 Å². The van der Waals surface area contributed by atoms with Crippen LogP contribution >= 0.6 is 0 Å². The molecule has 2 aromatic rings. The molecule has 2 bridgehead atoms. The third kappa shape index (κ3) is 3.35. The van der Waals surface area contributed by atoms with Gasteiger partial charge < -0.3 is 24.6 Å². The quantitative estimate of drug-likeness (QED) is 0.787. The number of ether oxygens (including phenoxy) is 1. The first-order valence-corrected chi connectivity index (χ1v) is 8.94. The summed E-state index contributed by atoms with van der Waals surface area (Å²) in [6.45, 7) is 0.968. The summed E-state index contributed by atoms with van der Waals surface area (Å²) in [6, 6.07) is 2.55. The Bertz CT molecular complexity index is 1070. The molecule has 2 aliphatic heterocycles. The van der Waals surface area contributed by atoms with Gasteiger partial charge in [-0.2, -0.15) is 0 Å². The van der Waals surface area contributed by atoms with Gasteiger partial charge in [0, 0.05) is 37.5 Å². The van der Waals surface area contributed by atoms with E-state index in [9.17, 15) is 28.3 Å². The predicted octanol–water partition coefficient (Wildman–Crippen LogP) is 0.789. The van der Waals surface area contributed by atoms with Crippen LogP contribution in [0.1, 0.15) is 32.5 Å². The van der Waals surface area contributed by atoms with E-state index in [0.717, 1.165) is 6.07 Å². The Morgan fingerprint density at radius 3 is 2.86 bits per heavy atom. The molecule has 0 aliphatic carbocycles. The average molecular weight is 405 g/mol. The highest BCUT2D eigenvalue weighted by atomic mass is 19.1. The number of carbonyl (C=O) groups excluding carboxylic acids is 2. The van der Waals surface area contributed by atoms with Crippen LogP contribution in [-0.4, -0.2) is 52.7 Å². The molecule has 0 radical (unpaired) electrons. The molecule has 1 atom stereocenters. The molecule has 4 rings (SSSR count). The summed E-state index contributed by atoms with van der Waals surface area (Å²) in [6.07, 6.45) is 1.21. The first-order chi connectivity index (χ1) is 13.9. The normalized spacial score (nSPS) is 18.2. The third-order valence-corrected chi connectivity index (χ3v) is 5.04. The van der Waals surface area contributed by atoms with Gasteiger partial charge in [0.1, 0.15) is 17.2 Å². The molecular weight excluding hydrogens is 388 g/mol. The van der Waals surface area contributed by atoms with E-state index in [1.54, 1.807) is 0 Å². The Morgan fingerprint density at radius 2 is 2.10 bits per heavy atom. The highest BCUT2D eigenvalue weighted by Crippen LogP contribution is 2.28. The molecule has 2 amide bonds. The number of benzene rings is 1. The molecule has 0 saturated carbocycles. The van der Waals surface area contributed by atoms with Crippen LogP contribution in [0.2, 0.25) is 0 Å². The Balaban J connectivity index is 1.66. The molecule has 2 N–H and O–H groups in total.